The molecule has 170 valence electrons. The van der Waals surface area contributed by atoms with Crippen molar-refractivity contribution in [1.82, 2.24) is 9.97 Å². The third kappa shape index (κ3) is 3.99. The molecule has 0 bridgehead atoms. The lowest BCUT2D eigenvalue weighted by atomic mass is 9.89. The number of piperidine rings is 1. The summed E-state index contributed by atoms with van der Waals surface area (Å²) in [4.78, 5) is 24.1. The van der Waals surface area contributed by atoms with Crippen molar-refractivity contribution in [1.29, 1.82) is 0 Å². The quantitative estimate of drug-likeness (QED) is 0.638. The van der Waals surface area contributed by atoms with Crippen LogP contribution in [0.1, 0.15) is 53.2 Å². The van der Waals surface area contributed by atoms with E-state index in [2.05, 4.69) is 10.2 Å². The molecule has 1 aromatic heterocycles. The fraction of sp³-hybridized carbons (Fsp3) is 0.522. The Balaban J connectivity index is 1.31. The third-order valence-electron chi connectivity index (χ3n) is 6.80. The van der Waals surface area contributed by atoms with Gasteiger partial charge in [0.2, 0.25) is 5.95 Å². The smallest absolute Gasteiger partial charge is 0.337 e. The van der Waals surface area contributed by atoms with Crippen LogP contribution in [0, 0.1) is 0 Å². The van der Waals surface area contributed by atoms with Crippen LogP contribution in [0.2, 0.25) is 0 Å². The van der Waals surface area contributed by atoms with Crippen LogP contribution in [0.25, 0.3) is 0 Å². The summed E-state index contributed by atoms with van der Waals surface area (Å²) < 4.78 is 17.3. The van der Waals surface area contributed by atoms with Crippen LogP contribution >= 0.6 is 0 Å². The maximum Gasteiger partial charge on any atom is 0.337 e. The molecule has 2 N–H and O–H groups in total. The van der Waals surface area contributed by atoms with Crippen molar-refractivity contribution in [3.8, 4) is 0 Å². The number of carbonyl (C=O) groups excluding carboxylic acids is 1. The molecule has 1 unspecified atom stereocenters. The van der Waals surface area contributed by atoms with E-state index in [4.69, 9.17) is 14.7 Å². The first-order valence-electron chi connectivity index (χ1n) is 11.1. The number of ether oxygens (including phenoxy) is 1. The zero-order chi connectivity index (χ0) is 22.3. The topological polar surface area (TPSA) is 105 Å². The molecule has 5 rings (SSSR count). The molecule has 0 spiro atoms. The van der Waals surface area contributed by atoms with Crippen LogP contribution in [0.15, 0.2) is 29.2 Å². The van der Waals surface area contributed by atoms with E-state index >= 15 is 0 Å². The number of hydrogen-bond acceptors (Lipinski definition) is 8. The summed E-state index contributed by atoms with van der Waals surface area (Å²) in [5, 5.41) is 13.1. The monoisotopic (exact) mass is 456 g/mol. The number of nitrogens with one attached hydrogen (secondary N) is 1. The number of aliphatic hydroxyl groups is 1. The number of hydrogen-bond donors (Lipinski definition) is 2. The Morgan fingerprint density at radius 2 is 1.97 bits per heavy atom. The average Bonchev–Trinajstić information content (AvgIpc) is 3.51. The van der Waals surface area contributed by atoms with Gasteiger partial charge in [0, 0.05) is 25.3 Å². The number of aliphatic hydroxyl groups excluding tert-OH is 1. The number of anilines is 2. The van der Waals surface area contributed by atoms with Gasteiger partial charge in [-0.2, -0.15) is 4.98 Å². The van der Waals surface area contributed by atoms with Gasteiger partial charge in [0.1, 0.15) is 10.7 Å². The second kappa shape index (κ2) is 8.44. The molecule has 2 fully saturated rings. The average molecular weight is 457 g/mol. The molecule has 1 aromatic carbocycles. The third-order valence-corrected chi connectivity index (χ3v) is 8.26. The second-order valence-electron chi connectivity index (χ2n) is 8.89. The van der Waals surface area contributed by atoms with Gasteiger partial charge in [0.05, 0.1) is 41.3 Å². The number of benzene rings is 1. The van der Waals surface area contributed by atoms with E-state index < -0.39 is 10.8 Å². The van der Waals surface area contributed by atoms with Crippen LogP contribution in [0.4, 0.5) is 11.8 Å². The summed E-state index contributed by atoms with van der Waals surface area (Å²) in [6.45, 7) is 1.71. The Hall–Kier alpha value is -2.52. The number of methoxy groups -OCH3 is 1. The number of aryl methyl sites for hydroxylation is 1. The molecule has 9 heteroatoms. The van der Waals surface area contributed by atoms with Gasteiger partial charge in [0.15, 0.2) is 0 Å². The lowest BCUT2D eigenvalue weighted by Gasteiger charge is -2.33. The lowest BCUT2D eigenvalue weighted by Crippen LogP contribution is -2.35. The van der Waals surface area contributed by atoms with Crippen LogP contribution in [-0.4, -0.2) is 63.4 Å². The van der Waals surface area contributed by atoms with Crippen molar-refractivity contribution in [3.05, 3.63) is 41.1 Å². The summed E-state index contributed by atoms with van der Waals surface area (Å²) in [5.74, 6) is 1.99. The van der Waals surface area contributed by atoms with Crippen LogP contribution < -0.4 is 10.2 Å². The molecule has 32 heavy (non-hydrogen) atoms. The molecule has 1 saturated heterocycles. The number of esters is 1. The number of carbonyl (C=O) groups is 1. The highest BCUT2D eigenvalue weighted by Crippen LogP contribution is 2.41. The van der Waals surface area contributed by atoms with Crippen LogP contribution in [-0.2, 0) is 22.0 Å². The van der Waals surface area contributed by atoms with Gasteiger partial charge in [-0.15, -0.1) is 0 Å². The van der Waals surface area contributed by atoms with Gasteiger partial charge in [0.25, 0.3) is 0 Å². The number of aromatic nitrogens is 2. The van der Waals surface area contributed by atoms with E-state index in [0.717, 1.165) is 44.5 Å². The number of fused-ring (bicyclic) bond motifs is 1. The highest BCUT2D eigenvalue weighted by molar-refractivity contribution is 7.85. The molecule has 0 amide bonds. The van der Waals surface area contributed by atoms with E-state index in [1.54, 1.807) is 0 Å². The van der Waals surface area contributed by atoms with Crippen molar-refractivity contribution < 1.29 is 18.8 Å². The van der Waals surface area contributed by atoms with Crippen molar-refractivity contribution >= 4 is 28.5 Å². The normalized spacial score (nSPS) is 21.8. The van der Waals surface area contributed by atoms with Gasteiger partial charge < -0.3 is 20.1 Å². The van der Waals surface area contributed by atoms with E-state index in [-0.39, 0.29) is 18.1 Å². The number of nitrogens with zero attached hydrogens (tertiary/aromatic N) is 3. The second-order valence-corrected chi connectivity index (χ2v) is 10.4. The molecule has 1 aliphatic carbocycles. The van der Waals surface area contributed by atoms with Crippen molar-refractivity contribution in [3.63, 3.8) is 0 Å². The summed E-state index contributed by atoms with van der Waals surface area (Å²) in [7, 11) is 0.300. The summed E-state index contributed by atoms with van der Waals surface area (Å²) >= 11 is 0. The lowest BCUT2D eigenvalue weighted by molar-refractivity contribution is 0.0600. The Kier molecular flexibility index (Phi) is 5.63. The maximum absolute atomic E-state index is 12.5. The number of rotatable bonds is 6. The van der Waals surface area contributed by atoms with Gasteiger partial charge in [-0.1, -0.05) is 12.1 Å². The van der Waals surface area contributed by atoms with Crippen LogP contribution in [0.3, 0.4) is 0 Å². The fourth-order valence-corrected chi connectivity index (χ4v) is 5.86. The van der Waals surface area contributed by atoms with Crippen molar-refractivity contribution in [2.75, 3.05) is 42.8 Å². The molecule has 0 radical (unpaired) electrons. The predicted molar refractivity (Wildman–Crippen MR) is 122 cm³/mol. The maximum atomic E-state index is 12.5. The standard InChI is InChI=1S/C23H28N4O4S/c1-31-21(29)17-4-2-15(3-5-17)16-6-11-27(12-7-16)22-24-18-8-13-32(30)19(18)20(25-22)26-23(14-28)9-10-23/h2-5,16,28H,6-14H2,1H3,(H,24,25,26). The predicted octanol–water partition coefficient (Wildman–Crippen LogP) is 2.25. The summed E-state index contributed by atoms with van der Waals surface area (Å²) in [6.07, 6.45) is 4.41. The van der Waals surface area contributed by atoms with Gasteiger partial charge in [-0.25, -0.2) is 9.78 Å². The zero-order valence-electron chi connectivity index (χ0n) is 18.2. The molecule has 1 atom stereocenters. The molecular weight excluding hydrogens is 428 g/mol. The SMILES string of the molecule is COC(=O)c1ccc(C2CCN(c3nc4c(c(NC5(CO)CC5)n3)S(=O)CC4)CC2)cc1. The highest BCUT2D eigenvalue weighted by atomic mass is 32.2. The Bertz CT molecular complexity index is 1050. The molecule has 2 aliphatic heterocycles. The van der Waals surface area contributed by atoms with E-state index in [9.17, 15) is 14.1 Å². The molecule has 2 aromatic rings. The first-order chi connectivity index (χ1) is 15.5. The highest BCUT2D eigenvalue weighted by Gasteiger charge is 2.44. The first-order valence-corrected chi connectivity index (χ1v) is 12.5. The first kappa shape index (κ1) is 21.3. The van der Waals surface area contributed by atoms with E-state index in [0.29, 0.717) is 40.3 Å². The van der Waals surface area contributed by atoms with Crippen molar-refractivity contribution in [2.45, 2.75) is 48.5 Å². The Morgan fingerprint density at radius 1 is 1.25 bits per heavy atom. The minimum absolute atomic E-state index is 0.0495. The minimum Gasteiger partial charge on any atom is -0.465 e. The largest absolute Gasteiger partial charge is 0.465 e. The van der Waals surface area contributed by atoms with Gasteiger partial charge in [-0.3, -0.25) is 4.21 Å². The summed E-state index contributed by atoms with van der Waals surface area (Å²) in [5.41, 5.74) is 2.33. The van der Waals surface area contributed by atoms with Crippen LogP contribution in [0.5, 0.6) is 0 Å². The molecular formula is C23H28N4O4S. The zero-order valence-corrected chi connectivity index (χ0v) is 19.0. The van der Waals surface area contributed by atoms with Gasteiger partial charge in [-0.05, 0) is 49.3 Å². The van der Waals surface area contributed by atoms with Gasteiger partial charge >= 0.3 is 5.97 Å². The van der Waals surface area contributed by atoms with E-state index in [1.165, 1.54) is 12.7 Å². The Labute approximate surface area is 189 Å². The molecule has 1 saturated carbocycles. The summed E-state index contributed by atoms with van der Waals surface area (Å²) in [6, 6.07) is 7.67. The van der Waals surface area contributed by atoms with E-state index in [1.807, 2.05) is 24.3 Å². The van der Waals surface area contributed by atoms with Crippen molar-refractivity contribution in [2.24, 2.45) is 0 Å². The Morgan fingerprint density at radius 3 is 2.59 bits per heavy atom. The molecule has 3 heterocycles. The molecule has 3 aliphatic rings. The minimum atomic E-state index is -1.09. The fourth-order valence-electron chi connectivity index (χ4n) is 4.56. The molecule has 8 nitrogen and oxygen atoms in total.